The van der Waals surface area contributed by atoms with Crippen molar-refractivity contribution in [2.24, 2.45) is 0 Å². The van der Waals surface area contributed by atoms with Crippen LogP contribution >= 0.6 is 15.9 Å². The number of ketones is 1. The summed E-state index contributed by atoms with van der Waals surface area (Å²) in [6.07, 6.45) is 0. The molecule has 0 radical (unpaired) electrons. The number of fused-ring (bicyclic) bond motifs is 1. The number of carbonyl (C=O) groups is 2. The van der Waals surface area contributed by atoms with E-state index in [-0.39, 0.29) is 11.7 Å². The van der Waals surface area contributed by atoms with Crippen molar-refractivity contribution in [2.45, 2.75) is 5.33 Å². The number of hydrogen-bond donors (Lipinski definition) is 0. The van der Waals surface area contributed by atoms with Gasteiger partial charge in [0, 0.05) is 27.5 Å². The zero-order chi connectivity index (χ0) is 18.8. The molecule has 0 saturated carbocycles. The Morgan fingerprint density at radius 3 is 1.93 bits per heavy atom. The van der Waals surface area contributed by atoms with Crippen molar-refractivity contribution < 1.29 is 9.59 Å². The lowest BCUT2D eigenvalue weighted by Gasteiger charge is -2.09. The van der Waals surface area contributed by atoms with Crippen LogP contribution in [-0.4, -0.2) is 16.3 Å². The summed E-state index contributed by atoms with van der Waals surface area (Å²) < 4.78 is 1.65. The Kier molecular flexibility index (Phi) is 4.73. The summed E-state index contributed by atoms with van der Waals surface area (Å²) in [6.45, 7) is 0. The van der Waals surface area contributed by atoms with Crippen LogP contribution in [0.5, 0.6) is 0 Å². The molecule has 0 aliphatic carbocycles. The van der Waals surface area contributed by atoms with Crippen LogP contribution in [0.2, 0.25) is 0 Å². The molecule has 0 N–H and O–H groups in total. The Hall–Kier alpha value is -2.98. The van der Waals surface area contributed by atoms with Gasteiger partial charge in [-0.1, -0.05) is 82.7 Å². The van der Waals surface area contributed by atoms with Crippen LogP contribution in [0.1, 0.15) is 32.0 Å². The molecule has 4 aromatic rings. The largest absolute Gasteiger partial charge is 0.289 e. The molecule has 0 aliphatic heterocycles. The van der Waals surface area contributed by atoms with E-state index in [2.05, 4.69) is 15.9 Å². The smallest absolute Gasteiger partial charge is 0.262 e. The highest BCUT2D eigenvalue weighted by atomic mass is 79.9. The molecule has 4 heteroatoms. The predicted molar refractivity (Wildman–Crippen MR) is 111 cm³/mol. The molecular formula is C23H16BrNO2. The van der Waals surface area contributed by atoms with Gasteiger partial charge < -0.3 is 0 Å². The van der Waals surface area contributed by atoms with Gasteiger partial charge in [-0.25, -0.2) is 0 Å². The van der Waals surface area contributed by atoms with Gasteiger partial charge in [0.25, 0.3) is 5.91 Å². The topological polar surface area (TPSA) is 39.1 Å². The maximum Gasteiger partial charge on any atom is 0.262 e. The summed E-state index contributed by atoms with van der Waals surface area (Å²) in [4.78, 5) is 26.5. The van der Waals surface area contributed by atoms with Crippen LogP contribution in [0.3, 0.4) is 0 Å². The molecule has 27 heavy (non-hydrogen) atoms. The molecule has 1 aromatic heterocycles. The second-order valence-corrected chi connectivity index (χ2v) is 6.73. The third-order valence-corrected chi connectivity index (χ3v) is 5.12. The summed E-state index contributed by atoms with van der Waals surface area (Å²) in [5, 5.41) is 1.18. The molecule has 0 unspecified atom stereocenters. The highest BCUT2D eigenvalue weighted by molar-refractivity contribution is 9.08. The lowest BCUT2D eigenvalue weighted by molar-refractivity contribution is 0.0963. The van der Waals surface area contributed by atoms with Gasteiger partial charge in [0.2, 0.25) is 0 Å². The number of rotatable bonds is 4. The molecule has 0 saturated heterocycles. The third kappa shape index (κ3) is 3.02. The van der Waals surface area contributed by atoms with E-state index in [0.717, 1.165) is 10.9 Å². The van der Waals surface area contributed by atoms with E-state index in [0.29, 0.717) is 27.7 Å². The first-order chi connectivity index (χ1) is 13.2. The lowest BCUT2D eigenvalue weighted by atomic mass is 10.0. The highest BCUT2D eigenvalue weighted by Gasteiger charge is 2.25. The van der Waals surface area contributed by atoms with E-state index in [1.165, 1.54) is 0 Å². The zero-order valence-electron chi connectivity index (χ0n) is 14.4. The molecular weight excluding hydrogens is 402 g/mol. The number of alkyl halides is 1. The molecule has 0 aliphatic rings. The summed E-state index contributed by atoms with van der Waals surface area (Å²) in [6, 6.07) is 25.8. The molecule has 0 bridgehead atoms. The van der Waals surface area contributed by atoms with E-state index >= 15 is 0 Å². The number of halogens is 1. The highest BCUT2D eigenvalue weighted by Crippen LogP contribution is 2.31. The summed E-state index contributed by atoms with van der Waals surface area (Å²) in [7, 11) is 0. The van der Waals surface area contributed by atoms with Crippen LogP contribution in [0.25, 0.3) is 10.9 Å². The van der Waals surface area contributed by atoms with Crippen molar-refractivity contribution in [1.29, 1.82) is 0 Å². The van der Waals surface area contributed by atoms with E-state index < -0.39 is 0 Å². The van der Waals surface area contributed by atoms with Crippen molar-refractivity contribution in [3.05, 3.63) is 107 Å². The minimum absolute atomic E-state index is 0.0825. The third-order valence-electron chi connectivity index (χ3n) is 4.59. The molecule has 3 nitrogen and oxygen atoms in total. The number of nitrogens with zero attached hydrogens (tertiary/aromatic N) is 1. The Morgan fingerprint density at radius 1 is 0.741 bits per heavy atom. The van der Waals surface area contributed by atoms with E-state index in [1.54, 1.807) is 28.8 Å². The van der Waals surface area contributed by atoms with Crippen molar-refractivity contribution in [2.75, 3.05) is 0 Å². The van der Waals surface area contributed by atoms with Gasteiger partial charge in [0.15, 0.2) is 5.78 Å². The molecule has 0 spiro atoms. The number of benzene rings is 3. The fourth-order valence-corrected chi connectivity index (χ4v) is 3.88. The van der Waals surface area contributed by atoms with E-state index in [4.69, 9.17) is 0 Å². The van der Waals surface area contributed by atoms with Gasteiger partial charge in [0.1, 0.15) is 0 Å². The monoisotopic (exact) mass is 417 g/mol. The quantitative estimate of drug-likeness (QED) is 0.326. The lowest BCUT2D eigenvalue weighted by Crippen LogP contribution is -2.15. The SMILES string of the molecule is O=C(c1ccccc1)c1c(CBr)n(C(=O)c2ccccc2)c2ccccc12. The van der Waals surface area contributed by atoms with Gasteiger partial charge in [-0.3, -0.25) is 14.2 Å². The summed E-state index contributed by atoms with van der Waals surface area (Å²) in [5.74, 6) is -0.228. The first-order valence-electron chi connectivity index (χ1n) is 8.60. The molecule has 3 aromatic carbocycles. The van der Waals surface area contributed by atoms with Crippen LogP contribution in [0.4, 0.5) is 0 Å². The van der Waals surface area contributed by atoms with Gasteiger partial charge in [-0.05, 0) is 18.2 Å². The fraction of sp³-hybridized carbons (Fsp3) is 0.0435. The number of carbonyl (C=O) groups excluding carboxylic acids is 2. The Bertz CT molecular complexity index is 1040. The van der Waals surface area contributed by atoms with E-state index in [9.17, 15) is 9.59 Å². The standard InChI is InChI=1S/C23H16BrNO2/c24-15-20-21(22(26)16-9-3-1-4-10-16)18-13-7-8-14-19(18)25(20)23(27)17-11-5-2-6-12-17/h1-14H,15H2. The molecule has 0 fully saturated rings. The van der Waals surface area contributed by atoms with Crippen LogP contribution in [0, 0.1) is 0 Å². The molecule has 0 amide bonds. The minimum Gasteiger partial charge on any atom is -0.289 e. The average Bonchev–Trinajstić information content (AvgIpc) is 3.08. The average molecular weight is 418 g/mol. The maximum absolute atomic E-state index is 13.3. The van der Waals surface area contributed by atoms with Gasteiger partial charge in [-0.2, -0.15) is 0 Å². The van der Waals surface area contributed by atoms with Crippen molar-refractivity contribution in [3.8, 4) is 0 Å². The van der Waals surface area contributed by atoms with Crippen LogP contribution in [0.15, 0.2) is 84.9 Å². The normalized spacial score (nSPS) is 10.9. The zero-order valence-corrected chi connectivity index (χ0v) is 16.0. The minimum atomic E-state index is -0.145. The van der Waals surface area contributed by atoms with Gasteiger partial charge in [-0.15, -0.1) is 0 Å². The number of para-hydroxylation sites is 1. The molecule has 132 valence electrons. The van der Waals surface area contributed by atoms with Gasteiger partial charge >= 0.3 is 0 Å². The molecule has 0 atom stereocenters. The predicted octanol–water partition coefficient (Wildman–Crippen LogP) is 5.46. The first-order valence-corrected chi connectivity index (χ1v) is 9.72. The van der Waals surface area contributed by atoms with Crippen molar-refractivity contribution in [1.82, 2.24) is 4.57 Å². The van der Waals surface area contributed by atoms with Crippen molar-refractivity contribution in [3.63, 3.8) is 0 Å². The van der Waals surface area contributed by atoms with Crippen LogP contribution < -0.4 is 0 Å². The second-order valence-electron chi connectivity index (χ2n) is 6.17. The van der Waals surface area contributed by atoms with E-state index in [1.807, 2.05) is 60.7 Å². The fourth-order valence-electron chi connectivity index (χ4n) is 3.35. The Labute approximate surface area is 165 Å². The second kappa shape index (κ2) is 7.33. The van der Waals surface area contributed by atoms with Crippen LogP contribution in [-0.2, 0) is 5.33 Å². The van der Waals surface area contributed by atoms with Gasteiger partial charge in [0.05, 0.1) is 11.1 Å². The Balaban J connectivity index is 1.99. The summed E-state index contributed by atoms with van der Waals surface area (Å²) in [5.41, 5.74) is 3.16. The van der Waals surface area contributed by atoms with Crippen molar-refractivity contribution >= 4 is 38.5 Å². The number of hydrogen-bond acceptors (Lipinski definition) is 2. The molecule has 4 rings (SSSR count). The first kappa shape index (κ1) is 17.4. The summed E-state index contributed by atoms with van der Waals surface area (Å²) >= 11 is 3.49. The molecule has 1 heterocycles. The number of aromatic nitrogens is 1. The Morgan fingerprint density at radius 2 is 1.30 bits per heavy atom. The maximum atomic E-state index is 13.3.